The average molecular weight is 487 g/mol. The van der Waals surface area contributed by atoms with Crippen LogP contribution in [0, 0.1) is 10.1 Å². The van der Waals surface area contributed by atoms with Gasteiger partial charge in [0.1, 0.15) is 10.8 Å². The fourth-order valence-electron chi connectivity index (χ4n) is 4.45. The zero-order chi connectivity index (χ0) is 24.2. The van der Waals surface area contributed by atoms with Crippen molar-refractivity contribution in [2.75, 3.05) is 31.1 Å². The first kappa shape index (κ1) is 23.9. The number of aromatic nitrogens is 1. The molecule has 0 radical (unpaired) electrons. The Morgan fingerprint density at radius 3 is 2.35 bits per heavy atom. The summed E-state index contributed by atoms with van der Waals surface area (Å²) in [6.07, 6.45) is 4.76. The molecule has 2 aromatic rings. The zero-order valence-electron chi connectivity index (χ0n) is 18.7. The topological polar surface area (TPSA) is 135 Å². The van der Waals surface area contributed by atoms with Gasteiger partial charge in [0.05, 0.1) is 10.5 Å². The van der Waals surface area contributed by atoms with Crippen molar-refractivity contribution in [1.29, 1.82) is 0 Å². The first-order chi connectivity index (χ1) is 16.3. The molecule has 1 aliphatic carbocycles. The van der Waals surface area contributed by atoms with Crippen molar-refractivity contribution in [3.05, 3.63) is 62.9 Å². The monoisotopic (exact) mass is 486 g/mol. The van der Waals surface area contributed by atoms with E-state index in [0.29, 0.717) is 42.6 Å². The summed E-state index contributed by atoms with van der Waals surface area (Å²) in [5.41, 5.74) is 6.93. The number of nitro groups is 1. The Morgan fingerprint density at radius 2 is 1.74 bits per heavy atom. The third-order valence-electron chi connectivity index (χ3n) is 6.42. The van der Waals surface area contributed by atoms with Gasteiger partial charge in [-0.1, -0.05) is 11.6 Å². The molecule has 0 unspecified atom stereocenters. The van der Waals surface area contributed by atoms with Crippen LogP contribution in [0.2, 0.25) is 5.15 Å². The molecule has 0 bridgehead atoms. The van der Waals surface area contributed by atoms with Gasteiger partial charge in [-0.05, 0) is 49.9 Å². The Kier molecular flexibility index (Phi) is 7.28. The second-order valence-corrected chi connectivity index (χ2v) is 9.08. The lowest BCUT2D eigenvalue weighted by molar-refractivity contribution is -0.384. The number of nitro benzene ring substituents is 1. The van der Waals surface area contributed by atoms with Crippen LogP contribution >= 0.6 is 11.6 Å². The van der Waals surface area contributed by atoms with E-state index in [0.717, 1.165) is 25.7 Å². The molecule has 180 valence electrons. The largest absolute Gasteiger partial charge is 0.362 e. The van der Waals surface area contributed by atoms with Gasteiger partial charge in [-0.15, -0.1) is 0 Å². The van der Waals surface area contributed by atoms with Gasteiger partial charge in [0.15, 0.2) is 0 Å². The average Bonchev–Trinajstić information content (AvgIpc) is 2.85. The first-order valence-electron chi connectivity index (χ1n) is 11.3. The smallest absolute Gasteiger partial charge is 0.293 e. The van der Waals surface area contributed by atoms with E-state index < -0.39 is 4.92 Å². The van der Waals surface area contributed by atoms with E-state index in [4.69, 9.17) is 17.3 Å². The fourth-order valence-corrected chi connectivity index (χ4v) is 4.56. The van der Waals surface area contributed by atoms with Crippen LogP contribution < -0.4 is 16.0 Å². The van der Waals surface area contributed by atoms with Crippen molar-refractivity contribution in [3.63, 3.8) is 0 Å². The van der Waals surface area contributed by atoms with Gasteiger partial charge in [0, 0.05) is 56.1 Å². The number of hydrogen-bond donors (Lipinski definition) is 2. The van der Waals surface area contributed by atoms with Gasteiger partial charge in [-0.2, -0.15) is 0 Å². The molecule has 0 atom stereocenters. The molecule has 2 aliphatic rings. The fraction of sp³-hybridized carbons (Fsp3) is 0.435. The molecule has 2 amide bonds. The summed E-state index contributed by atoms with van der Waals surface area (Å²) in [4.78, 5) is 44.2. The number of nitrogens with zero attached hydrogens (tertiary/aromatic N) is 4. The SMILES string of the molecule is NC1CCC(NC(=O)c2ccc(N3CCN(C(=O)c4ccc(Cl)nc4)CC3)c([N+](=O)[O-])c2)CC1. The molecule has 1 saturated heterocycles. The first-order valence-corrected chi connectivity index (χ1v) is 11.7. The van der Waals surface area contributed by atoms with Crippen LogP contribution in [0.3, 0.4) is 0 Å². The lowest BCUT2D eigenvalue weighted by atomic mass is 9.91. The highest BCUT2D eigenvalue weighted by molar-refractivity contribution is 6.29. The number of benzene rings is 1. The number of piperazine rings is 1. The molecule has 1 aromatic heterocycles. The Hall–Kier alpha value is -3.24. The Balaban J connectivity index is 1.42. The molecular formula is C23H27ClN6O4. The third-order valence-corrected chi connectivity index (χ3v) is 6.65. The van der Waals surface area contributed by atoms with Gasteiger partial charge < -0.3 is 20.9 Å². The van der Waals surface area contributed by atoms with Gasteiger partial charge >= 0.3 is 0 Å². The Morgan fingerprint density at radius 1 is 1.06 bits per heavy atom. The maximum atomic E-state index is 12.7. The van der Waals surface area contributed by atoms with E-state index >= 15 is 0 Å². The van der Waals surface area contributed by atoms with Crippen LogP contribution in [0.25, 0.3) is 0 Å². The summed E-state index contributed by atoms with van der Waals surface area (Å²) in [7, 11) is 0. The van der Waals surface area contributed by atoms with Crippen molar-refractivity contribution in [2.45, 2.75) is 37.8 Å². The molecule has 34 heavy (non-hydrogen) atoms. The van der Waals surface area contributed by atoms with E-state index in [1.807, 2.05) is 4.90 Å². The minimum Gasteiger partial charge on any atom is -0.362 e. The maximum absolute atomic E-state index is 12.7. The summed E-state index contributed by atoms with van der Waals surface area (Å²) in [5, 5.41) is 15.1. The summed E-state index contributed by atoms with van der Waals surface area (Å²) in [6.45, 7) is 1.68. The standard InChI is InChI=1S/C23H27ClN6O4/c24-21-8-2-16(14-26-21)23(32)29-11-9-28(10-12-29)19-7-1-15(13-20(19)30(33)34)22(31)27-18-5-3-17(25)4-6-18/h1-2,7-8,13-14,17-18H,3-6,9-12,25H2,(H,27,31). The van der Waals surface area contributed by atoms with Crippen LogP contribution in [0.1, 0.15) is 46.4 Å². The molecule has 3 N–H and O–H groups in total. The number of anilines is 1. The van der Waals surface area contributed by atoms with Gasteiger partial charge in [-0.25, -0.2) is 4.98 Å². The van der Waals surface area contributed by atoms with Crippen LogP contribution in [-0.4, -0.2) is 64.9 Å². The number of nitrogens with one attached hydrogen (secondary N) is 1. The summed E-state index contributed by atoms with van der Waals surface area (Å²) >= 11 is 5.79. The van der Waals surface area contributed by atoms with E-state index in [1.165, 1.54) is 12.3 Å². The second kappa shape index (κ2) is 10.4. The van der Waals surface area contributed by atoms with Crippen LogP contribution in [0.5, 0.6) is 0 Å². The highest BCUT2D eigenvalue weighted by atomic mass is 35.5. The molecule has 1 saturated carbocycles. The van der Waals surface area contributed by atoms with Crippen molar-refractivity contribution in [3.8, 4) is 0 Å². The van der Waals surface area contributed by atoms with Crippen LogP contribution in [-0.2, 0) is 0 Å². The van der Waals surface area contributed by atoms with E-state index in [9.17, 15) is 19.7 Å². The van der Waals surface area contributed by atoms with Crippen molar-refractivity contribution in [2.24, 2.45) is 5.73 Å². The van der Waals surface area contributed by atoms with E-state index in [2.05, 4.69) is 10.3 Å². The predicted molar refractivity (Wildman–Crippen MR) is 128 cm³/mol. The quantitative estimate of drug-likeness (QED) is 0.376. The lowest BCUT2D eigenvalue weighted by Crippen LogP contribution is -2.49. The number of hydrogen-bond acceptors (Lipinski definition) is 7. The lowest BCUT2D eigenvalue weighted by Gasteiger charge is -2.35. The molecule has 10 nitrogen and oxygen atoms in total. The van der Waals surface area contributed by atoms with E-state index in [-0.39, 0.29) is 35.1 Å². The molecule has 2 fully saturated rings. The second-order valence-electron chi connectivity index (χ2n) is 8.69. The minimum atomic E-state index is -0.470. The molecule has 0 spiro atoms. The summed E-state index contributed by atoms with van der Waals surface area (Å²) < 4.78 is 0. The third kappa shape index (κ3) is 5.45. The molecular weight excluding hydrogens is 460 g/mol. The highest BCUT2D eigenvalue weighted by Crippen LogP contribution is 2.30. The van der Waals surface area contributed by atoms with Gasteiger partial charge in [-0.3, -0.25) is 19.7 Å². The molecule has 11 heteroatoms. The number of carbonyl (C=O) groups excluding carboxylic acids is 2. The van der Waals surface area contributed by atoms with Crippen LogP contribution in [0.4, 0.5) is 11.4 Å². The number of rotatable bonds is 5. The minimum absolute atomic E-state index is 0.0347. The molecule has 4 rings (SSSR count). The summed E-state index contributed by atoms with van der Waals surface area (Å²) in [5.74, 6) is -0.476. The number of nitrogens with two attached hydrogens (primary N) is 1. The zero-order valence-corrected chi connectivity index (χ0v) is 19.4. The van der Waals surface area contributed by atoms with Gasteiger partial charge in [0.2, 0.25) is 0 Å². The summed E-state index contributed by atoms with van der Waals surface area (Å²) in [6, 6.07) is 7.96. The number of carbonyl (C=O) groups is 2. The molecule has 1 aromatic carbocycles. The normalized spacial score (nSPS) is 20.6. The highest BCUT2D eigenvalue weighted by Gasteiger charge is 2.28. The molecule has 2 heterocycles. The van der Waals surface area contributed by atoms with Crippen LogP contribution in [0.15, 0.2) is 36.5 Å². The van der Waals surface area contributed by atoms with Crippen molar-refractivity contribution >= 4 is 34.8 Å². The maximum Gasteiger partial charge on any atom is 0.293 e. The Labute approximate surface area is 202 Å². The number of halogens is 1. The molecule has 1 aliphatic heterocycles. The van der Waals surface area contributed by atoms with Crippen molar-refractivity contribution in [1.82, 2.24) is 15.2 Å². The number of amides is 2. The van der Waals surface area contributed by atoms with E-state index in [1.54, 1.807) is 29.2 Å². The van der Waals surface area contributed by atoms with Crippen molar-refractivity contribution < 1.29 is 14.5 Å². The predicted octanol–water partition coefficient (Wildman–Crippen LogP) is 2.61. The van der Waals surface area contributed by atoms with Gasteiger partial charge in [0.25, 0.3) is 17.5 Å². The number of pyridine rings is 1. The Bertz CT molecular complexity index is 1060.